The molecular weight excluding hydrogens is 250 g/mol. The highest BCUT2D eigenvalue weighted by Crippen LogP contribution is 2.23. The van der Waals surface area contributed by atoms with Gasteiger partial charge in [0.15, 0.2) is 0 Å². The van der Waals surface area contributed by atoms with Crippen LogP contribution in [0.4, 0.5) is 5.69 Å². The largest absolute Gasteiger partial charge is 0.379 e. The van der Waals surface area contributed by atoms with Crippen molar-refractivity contribution in [2.75, 3.05) is 51.3 Å². The first kappa shape index (κ1) is 15.3. The molecule has 1 unspecified atom stereocenters. The zero-order valence-corrected chi connectivity index (χ0v) is 12.9. The maximum Gasteiger partial charge on any atom is 0.0820 e. The van der Waals surface area contributed by atoms with Crippen LogP contribution in [0.25, 0.3) is 0 Å². The van der Waals surface area contributed by atoms with Crippen molar-refractivity contribution in [1.82, 2.24) is 4.90 Å². The van der Waals surface area contributed by atoms with E-state index in [1.165, 1.54) is 16.8 Å². The highest BCUT2D eigenvalue weighted by atomic mass is 16.5. The molecule has 0 spiro atoms. The van der Waals surface area contributed by atoms with Crippen molar-refractivity contribution in [3.8, 4) is 0 Å². The van der Waals surface area contributed by atoms with Gasteiger partial charge in [-0.25, -0.2) is 0 Å². The average molecular weight is 277 g/mol. The minimum absolute atomic E-state index is 0.155. The monoisotopic (exact) mass is 277 g/mol. The summed E-state index contributed by atoms with van der Waals surface area (Å²) in [6.45, 7) is 10.2. The van der Waals surface area contributed by atoms with E-state index in [4.69, 9.17) is 10.5 Å². The van der Waals surface area contributed by atoms with Gasteiger partial charge in [-0.15, -0.1) is 0 Å². The van der Waals surface area contributed by atoms with Crippen LogP contribution in [0.15, 0.2) is 18.2 Å². The van der Waals surface area contributed by atoms with Crippen LogP contribution >= 0.6 is 0 Å². The van der Waals surface area contributed by atoms with Crippen molar-refractivity contribution in [2.45, 2.75) is 20.0 Å². The third-order valence-corrected chi connectivity index (χ3v) is 4.35. The average Bonchev–Trinajstić information content (AvgIpc) is 2.48. The number of hydrogen-bond acceptors (Lipinski definition) is 4. The predicted octanol–water partition coefficient (Wildman–Crippen LogP) is 1.40. The van der Waals surface area contributed by atoms with Crippen LogP contribution < -0.4 is 10.6 Å². The fourth-order valence-electron chi connectivity index (χ4n) is 2.78. The number of anilines is 1. The van der Waals surface area contributed by atoms with E-state index in [1.54, 1.807) is 7.11 Å². The van der Waals surface area contributed by atoms with Crippen LogP contribution in [0.5, 0.6) is 0 Å². The molecular formula is C16H27N3O. The van der Waals surface area contributed by atoms with Crippen molar-refractivity contribution < 1.29 is 4.74 Å². The molecule has 1 aromatic carbocycles. The van der Waals surface area contributed by atoms with E-state index in [2.05, 4.69) is 41.8 Å². The molecule has 4 heteroatoms. The van der Waals surface area contributed by atoms with E-state index in [0.717, 1.165) is 32.7 Å². The molecule has 0 amide bonds. The van der Waals surface area contributed by atoms with Gasteiger partial charge in [0.25, 0.3) is 0 Å². The van der Waals surface area contributed by atoms with Crippen LogP contribution in [0.1, 0.15) is 11.1 Å². The zero-order chi connectivity index (χ0) is 14.5. The maximum absolute atomic E-state index is 5.69. The van der Waals surface area contributed by atoms with Crippen LogP contribution in [0, 0.1) is 13.8 Å². The molecule has 1 atom stereocenters. The Kier molecular flexibility index (Phi) is 5.40. The third-order valence-electron chi connectivity index (χ3n) is 4.35. The maximum atomic E-state index is 5.69. The van der Waals surface area contributed by atoms with Gasteiger partial charge in [-0.1, -0.05) is 12.1 Å². The van der Waals surface area contributed by atoms with Gasteiger partial charge < -0.3 is 15.4 Å². The van der Waals surface area contributed by atoms with E-state index < -0.39 is 0 Å². The van der Waals surface area contributed by atoms with Crippen molar-refractivity contribution in [1.29, 1.82) is 0 Å². The topological polar surface area (TPSA) is 41.7 Å². The minimum Gasteiger partial charge on any atom is -0.379 e. The predicted molar refractivity (Wildman–Crippen MR) is 84.4 cm³/mol. The molecule has 1 aromatic rings. The summed E-state index contributed by atoms with van der Waals surface area (Å²) in [4.78, 5) is 4.94. The lowest BCUT2D eigenvalue weighted by Gasteiger charge is -2.38. The standard InChI is InChI=1S/C16H27N3O/c1-13-5-4-6-16(14(13)2)19-9-7-18(8-10-19)12-15(11-17)20-3/h4-6,15H,7-12,17H2,1-3H3. The van der Waals surface area contributed by atoms with Crippen molar-refractivity contribution in [3.63, 3.8) is 0 Å². The SMILES string of the molecule is COC(CN)CN1CCN(c2cccc(C)c2C)CC1. The molecule has 0 aromatic heterocycles. The first-order valence-electron chi connectivity index (χ1n) is 7.42. The molecule has 0 radical (unpaired) electrons. The number of nitrogens with zero attached hydrogens (tertiary/aromatic N) is 2. The Morgan fingerprint density at radius 3 is 2.50 bits per heavy atom. The Morgan fingerprint density at radius 1 is 1.20 bits per heavy atom. The number of nitrogens with two attached hydrogens (primary N) is 1. The normalized spacial score (nSPS) is 18.3. The van der Waals surface area contributed by atoms with E-state index in [0.29, 0.717) is 6.54 Å². The van der Waals surface area contributed by atoms with E-state index in [9.17, 15) is 0 Å². The minimum atomic E-state index is 0.155. The van der Waals surface area contributed by atoms with Crippen LogP contribution in [-0.4, -0.2) is 57.4 Å². The van der Waals surface area contributed by atoms with Crippen LogP contribution in [0.3, 0.4) is 0 Å². The molecule has 2 N–H and O–H groups in total. The molecule has 1 aliphatic heterocycles. The lowest BCUT2D eigenvalue weighted by molar-refractivity contribution is 0.0679. The van der Waals surface area contributed by atoms with Gasteiger partial charge in [0.1, 0.15) is 0 Å². The fourth-order valence-corrected chi connectivity index (χ4v) is 2.78. The van der Waals surface area contributed by atoms with Crippen LogP contribution in [-0.2, 0) is 4.74 Å². The number of hydrogen-bond donors (Lipinski definition) is 1. The Morgan fingerprint density at radius 2 is 1.90 bits per heavy atom. The van der Waals surface area contributed by atoms with Gasteiger partial charge >= 0.3 is 0 Å². The smallest absolute Gasteiger partial charge is 0.0820 e. The van der Waals surface area contributed by atoms with E-state index in [-0.39, 0.29) is 6.10 Å². The summed E-state index contributed by atoms with van der Waals surface area (Å²) in [6, 6.07) is 6.56. The Labute approximate surface area is 122 Å². The number of ether oxygens (including phenoxy) is 1. The van der Waals surface area contributed by atoms with Gasteiger partial charge in [-0.05, 0) is 31.0 Å². The molecule has 4 nitrogen and oxygen atoms in total. The molecule has 112 valence electrons. The molecule has 1 heterocycles. The van der Waals surface area contributed by atoms with Crippen LogP contribution in [0.2, 0.25) is 0 Å². The second kappa shape index (κ2) is 7.07. The zero-order valence-electron chi connectivity index (χ0n) is 12.9. The Hall–Kier alpha value is -1.10. The molecule has 0 bridgehead atoms. The summed E-state index contributed by atoms with van der Waals surface area (Å²) in [5.74, 6) is 0. The van der Waals surface area contributed by atoms with E-state index >= 15 is 0 Å². The lowest BCUT2D eigenvalue weighted by atomic mass is 10.1. The van der Waals surface area contributed by atoms with Gasteiger partial charge in [0.05, 0.1) is 6.10 Å². The molecule has 2 rings (SSSR count). The molecule has 1 fully saturated rings. The lowest BCUT2D eigenvalue weighted by Crippen LogP contribution is -2.50. The second-order valence-electron chi connectivity index (χ2n) is 5.60. The van der Waals surface area contributed by atoms with Gasteiger partial charge in [0, 0.05) is 52.1 Å². The molecule has 0 aliphatic carbocycles. The number of aryl methyl sites for hydroxylation is 1. The second-order valence-corrected chi connectivity index (χ2v) is 5.60. The van der Waals surface area contributed by atoms with Gasteiger partial charge in [-0.2, -0.15) is 0 Å². The quantitative estimate of drug-likeness (QED) is 0.883. The van der Waals surface area contributed by atoms with E-state index in [1.807, 2.05) is 0 Å². The summed E-state index contributed by atoms with van der Waals surface area (Å²) in [5.41, 5.74) is 9.84. The summed E-state index contributed by atoms with van der Waals surface area (Å²) in [7, 11) is 1.74. The summed E-state index contributed by atoms with van der Waals surface area (Å²) in [6.07, 6.45) is 0.155. The van der Waals surface area contributed by atoms with Crippen molar-refractivity contribution >= 4 is 5.69 Å². The Bertz CT molecular complexity index is 424. The fraction of sp³-hybridized carbons (Fsp3) is 0.625. The summed E-state index contributed by atoms with van der Waals surface area (Å²) >= 11 is 0. The first-order valence-corrected chi connectivity index (χ1v) is 7.42. The number of methoxy groups -OCH3 is 1. The summed E-state index contributed by atoms with van der Waals surface area (Å²) in [5, 5.41) is 0. The van der Waals surface area contributed by atoms with Gasteiger partial charge in [-0.3, -0.25) is 4.90 Å². The summed E-state index contributed by atoms with van der Waals surface area (Å²) < 4.78 is 5.37. The third kappa shape index (κ3) is 3.51. The number of piperazine rings is 1. The number of rotatable bonds is 5. The molecule has 0 saturated carbocycles. The highest BCUT2D eigenvalue weighted by molar-refractivity contribution is 5.56. The highest BCUT2D eigenvalue weighted by Gasteiger charge is 2.20. The molecule has 1 saturated heterocycles. The van der Waals surface area contributed by atoms with Crippen molar-refractivity contribution in [3.05, 3.63) is 29.3 Å². The Balaban J connectivity index is 1.92. The molecule has 1 aliphatic rings. The molecule has 20 heavy (non-hydrogen) atoms. The van der Waals surface area contributed by atoms with Crippen molar-refractivity contribution in [2.24, 2.45) is 5.73 Å². The first-order chi connectivity index (χ1) is 9.65. The number of benzene rings is 1. The van der Waals surface area contributed by atoms with Gasteiger partial charge in [0.2, 0.25) is 0 Å².